The molecule has 21 heavy (non-hydrogen) atoms. The summed E-state index contributed by atoms with van der Waals surface area (Å²) < 4.78 is 26.4. The van der Waals surface area contributed by atoms with E-state index in [2.05, 4.69) is 15.2 Å². The molecule has 1 heterocycles. The number of anilines is 1. The van der Waals surface area contributed by atoms with Gasteiger partial charge >= 0.3 is 0 Å². The number of aromatic amines is 1. The van der Waals surface area contributed by atoms with Gasteiger partial charge in [-0.3, -0.25) is 5.10 Å². The topological polar surface area (TPSA) is 105 Å². The summed E-state index contributed by atoms with van der Waals surface area (Å²) in [7, 11) is -2.20. The number of sulfonamides is 1. The zero-order valence-corrected chi connectivity index (χ0v) is 13.3. The second kappa shape index (κ2) is 5.45. The van der Waals surface area contributed by atoms with Crippen molar-refractivity contribution in [2.45, 2.75) is 32.2 Å². The molecule has 0 amide bonds. The lowest BCUT2D eigenvalue weighted by Crippen LogP contribution is -2.28. The Morgan fingerprint density at radius 1 is 1.24 bits per heavy atom. The molecule has 0 unspecified atom stereocenters. The summed E-state index contributed by atoms with van der Waals surface area (Å²) in [6.45, 7) is 5.58. The number of nitrogens with two attached hydrogens (primary N) is 1. The van der Waals surface area contributed by atoms with E-state index in [-0.39, 0.29) is 17.1 Å². The summed E-state index contributed by atoms with van der Waals surface area (Å²) in [5, 5.41) is 6.63. The van der Waals surface area contributed by atoms with Crippen LogP contribution in [0.25, 0.3) is 0 Å². The van der Waals surface area contributed by atoms with Crippen LogP contribution in [-0.4, -0.2) is 35.0 Å². The maximum absolute atomic E-state index is 12.6. The molecule has 0 atom stereocenters. The van der Waals surface area contributed by atoms with Crippen molar-refractivity contribution in [3.05, 3.63) is 34.9 Å². The van der Waals surface area contributed by atoms with Gasteiger partial charge in [0, 0.05) is 7.05 Å². The normalized spacial score (nSPS) is 12.0. The number of rotatable bonds is 4. The zero-order chi connectivity index (χ0) is 15.8. The van der Waals surface area contributed by atoms with Crippen LogP contribution in [0.4, 0.5) is 5.69 Å². The lowest BCUT2D eigenvalue weighted by molar-refractivity contribution is 0.457. The fourth-order valence-electron chi connectivity index (χ4n) is 1.95. The second-order valence-electron chi connectivity index (χ2n) is 5.07. The van der Waals surface area contributed by atoms with Gasteiger partial charge in [-0.15, -0.1) is 0 Å². The number of nitrogen functional groups attached to an aromatic ring is 1. The number of aromatic nitrogens is 3. The van der Waals surface area contributed by atoms with Gasteiger partial charge in [-0.1, -0.05) is 0 Å². The molecule has 2 rings (SSSR count). The summed E-state index contributed by atoms with van der Waals surface area (Å²) in [5.41, 5.74) is 7.95. The molecular formula is C13H19N5O2S. The van der Waals surface area contributed by atoms with E-state index in [1.807, 2.05) is 13.8 Å². The number of H-pyrrole nitrogens is 1. The van der Waals surface area contributed by atoms with Gasteiger partial charge in [0.25, 0.3) is 0 Å². The minimum absolute atomic E-state index is 0.0824. The summed E-state index contributed by atoms with van der Waals surface area (Å²) in [6.07, 6.45) is 0. The monoisotopic (exact) mass is 309 g/mol. The number of hydrogen-bond acceptors (Lipinski definition) is 5. The number of benzene rings is 1. The first-order valence-electron chi connectivity index (χ1n) is 6.42. The van der Waals surface area contributed by atoms with Crippen molar-refractivity contribution in [2.75, 3.05) is 12.8 Å². The van der Waals surface area contributed by atoms with Crippen LogP contribution >= 0.6 is 0 Å². The molecule has 0 aliphatic heterocycles. The Bertz CT molecular complexity index is 767. The van der Waals surface area contributed by atoms with E-state index in [9.17, 15) is 8.42 Å². The van der Waals surface area contributed by atoms with Crippen molar-refractivity contribution in [3.63, 3.8) is 0 Å². The highest BCUT2D eigenvalue weighted by molar-refractivity contribution is 7.89. The molecule has 0 radical (unpaired) electrons. The Labute approximate surface area is 124 Å². The second-order valence-corrected chi connectivity index (χ2v) is 7.09. The maximum Gasteiger partial charge on any atom is 0.245 e. The average Bonchev–Trinajstić information content (AvgIpc) is 2.79. The van der Waals surface area contributed by atoms with E-state index in [4.69, 9.17) is 5.73 Å². The molecular weight excluding hydrogens is 290 g/mol. The lowest BCUT2D eigenvalue weighted by atomic mass is 10.1. The Balaban J connectivity index is 2.35. The van der Waals surface area contributed by atoms with Gasteiger partial charge in [-0.2, -0.15) is 9.40 Å². The SMILES string of the molecule is Cc1nc(CN(C)S(=O)(=O)c2cc(C)c(C)cc2N)n[nH]1. The van der Waals surface area contributed by atoms with Gasteiger partial charge in [-0.05, 0) is 44.0 Å². The Morgan fingerprint density at radius 2 is 1.86 bits per heavy atom. The molecule has 7 nitrogen and oxygen atoms in total. The van der Waals surface area contributed by atoms with Crippen LogP contribution in [0, 0.1) is 20.8 Å². The van der Waals surface area contributed by atoms with E-state index < -0.39 is 10.0 Å². The maximum atomic E-state index is 12.6. The van der Waals surface area contributed by atoms with Crippen molar-refractivity contribution in [3.8, 4) is 0 Å². The third-order valence-electron chi connectivity index (χ3n) is 3.32. The first kappa shape index (κ1) is 15.5. The smallest absolute Gasteiger partial charge is 0.245 e. The minimum atomic E-state index is -3.68. The van der Waals surface area contributed by atoms with Crippen LogP contribution in [0.2, 0.25) is 0 Å². The van der Waals surface area contributed by atoms with Crippen LogP contribution < -0.4 is 5.73 Å². The van der Waals surface area contributed by atoms with Gasteiger partial charge in [0.1, 0.15) is 10.7 Å². The molecule has 8 heteroatoms. The molecule has 0 spiro atoms. The van der Waals surface area contributed by atoms with E-state index in [0.717, 1.165) is 11.1 Å². The van der Waals surface area contributed by atoms with Crippen LogP contribution in [-0.2, 0) is 16.6 Å². The van der Waals surface area contributed by atoms with E-state index in [1.165, 1.54) is 11.4 Å². The highest BCUT2D eigenvalue weighted by Gasteiger charge is 2.25. The third kappa shape index (κ3) is 3.06. The first-order valence-corrected chi connectivity index (χ1v) is 7.86. The third-order valence-corrected chi connectivity index (χ3v) is 5.18. The van der Waals surface area contributed by atoms with Crippen molar-refractivity contribution in [1.82, 2.24) is 19.5 Å². The van der Waals surface area contributed by atoms with Gasteiger partial charge < -0.3 is 5.73 Å². The lowest BCUT2D eigenvalue weighted by Gasteiger charge is -2.18. The fourth-order valence-corrected chi connectivity index (χ4v) is 3.25. The van der Waals surface area contributed by atoms with Crippen molar-refractivity contribution >= 4 is 15.7 Å². The van der Waals surface area contributed by atoms with Crippen molar-refractivity contribution < 1.29 is 8.42 Å². The first-order chi connectivity index (χ1) is 9.71. The molecule has 0 saturated heterocycles. The molecule has 0 aliphatic carbocycles. The van der Waals surface area contributed by atoms with E-state index in [0.29, 0.717) is 11.6 Å². The summed E-state index contributed by atoms with van der Waals surface area (Å²) >= 11 is 0. The molecule has 0 saturated carbocycles. The van der Waals surface area contributed by atoms with E-state index in [1.54, 1.807) is 19.1 Å². The van der Waals surface area contributed by atoms with Crippen LogP contribution in [0.3, 0.4) is 0 Å². The molecule has 0 fully saturated rings. The number of nitrogens with zero attached hydrogens (tertiary/aromatic N) is 3. The van der Waals surface area contributed by atoms with Crippen LogP contribution in [0.5, 0.6) is 0 Å². The van der Waals surface area contributed by atoms with Gasteiger partial charge in [0.15, 0.2) is 5.82 Å². The highest BCUT2D eigenvalue weighted by Crippen LogP contribution is 2.25. The largest absolute Gasteiger partial charge is 0.398 e. The van der Waals surface area contributed by atoms with Gasteiger partial charge in [0.2, 0.25) is 10.0 Å². The highest BCUT2D eigenvalue weighted by atomic mass is 32.2. The molecule has 0 bridgehead atoms. The van der Waals surface area contributed by atoms with Crippen molar-refractivity contribution in [2.24, 2.45) is 0 Å². The summed E-state index contributed by atoms with van der Waals surface area (Å²) in [4.78, 5) is 4.22. The summed E-state index contributed by atoms with van der Waals surface area (Å²) in [6, 6.07) is 3.27. The Hall–Kier alpha value is -1.93. The average molecular weight is 309 g/mol. The van der Waals surface area contributed by atoms with Gasteiger partial charge in [0.05, 0.1) is 12.2 Å². The minimum Gasteiger partial charge on any atom is -0.398 e. The number of nitrogens with one attached hydrogen (secondary N) is 1. The molecule has 0 aliphatic rings. The molecule has 114 valence electrons. The van der Waals surface area contributed by atoms with Gasteiger partial charge in [-0.25, -0.2) is 13.4 Å². The molecule has 1 aromatic heterocycles. The quantitative estimate of drug-likeness (QED) is 0.824. The van der Waals surface area contributed by atoms with Crippen molar-refractivity contribution in [1.29, 1.82) is 0 Å². The predicted molar refractivity (Wildman–Crippen MR) is 80.1 cm³/mol. The predicted octanol–water partition coefficient (Wildman–Crippen LogP) is 1.13. The zero-order valence-electron chi connectivity index (χ0n) is 12.5. The standard InChI is InChI=1S/C13H19N5O2S/c1-8-5-11(14)12(6-9(8)2)21(19,20)18(4)7-13-15-10(3)16-17-13/h5-6H,7,14H2,1-4H3,(H,15,16,17). The summed E-state index contributed by atoms with van der Waals surface area (Å²) in [5.74, 6) is 1.06. The number of aryl methyl sites for hydroxylation is 3. The van der Waals surface area contributed by atoms with E-state index >= 15 is 0 Å². The molecule has 3 N–H and O–H groups in total. The molecule has 2 aromatic rings. The van der Waals surface area contributed by atoms with Crippen LogP contribution in [0.1, 0.15) is 22.8 Å². The number of hydrogen-bond donors (Lipinski definition) is 2. The van der Waals surface area contributed by atoms with Crippen LogP contribution in [0.15, 0.2) is 17.0 Å². The fraction of sp³-hybridized carbons (Fsp3) is 0.385. The Kier molecular flexibility index (Phi) is 4.02. The Morgan fingerprint density at radius 3 is 2.43 bits per heavy atom. The molecule has 1 aromatic carbocycles.